The van der Waals surface area contributed by atoms with Gasteiger partial charge in [0, 0.05) is 23.1 Å². The number of nitrogens with one attached hydrogen (secondary N) is 1. The van der Waals surface area contributed by atoms with E-state index in [9.17, 15) is 4.79 Å². The molecule has 8 heteroatoms. The Morgan fingerprint density at radius 1 is 0.946 bits per heavy atom. The molecule has 180 valence electrons. The molecular formula is C29H22N5O2S+. The van der Waals surface area contributed by atoms with Crippen LogP contribution in [0, 0.1) is 6.92 Å². The lowest BCUT2D eigenvalue weighted by molar-refractivity contribution is -0.670. The van der Waals surface area contributed by atoms with Crippen LogP contribution in [0.4, 0.5) is 11.6 Å². The number of thiophene rings is 1. The van der Waals surface area contributed by atoms with Gasteiger partial charge in [-0.1, -0.05) is 78.4 Å². The Kier molecular flexibility index (Phi) is 5.71. The van der Waals surface area contributed by atoms with Crippen molar-refractivity contribution in [3.63, 3.8) is 0 Å². The van der Waals surface area contributed by atoms with Gasteiger partial charge >= 0.3 is 5.88 Å². The normalized spacial score (nSPS) is 11.1. The summed E-state index contributed by atoms with van der Waals surface area (Å²) in [7, 11) is 0. The SMILES string of the molecule is Cc1ccc(-c2cc(-c3ccccc3)nc3sc(C(=O)Nc4c[n+](-c5ccccc5)no4)c(N)c23)cc1. The lowest BCUT2D eigenvalue weighted by Crippen LogP contribution is -2.31. The van der Waals surface area contributed by atoms with Crippen LogP contribution in [0.15, 0.2) is 102 Å². The minimum atomic E-state index is -0.382. The van der Waals surface area contributed by atoms with E-state index < -0.39 is 0 Å². The fourth-order valence-electron chi connectivity index (χ4n) is 4.18. The van der Waals surface area contributed by atoms with Crippen LogP contribution >= 0.6 is 11.3 Å². The van der Waals surface area contributed by atoms with Gasteiger partial charge in [0.1, 0.15) is 9.71 Å². The third-order valence-electron chi connectivity index (χ3n) is 6.06. The number of nitrogens with two attached hydrogens (primary N) is 1. The Labute approximate surface area is 216 Å². The van der Waals surface area contributed by atoms with Crippen LogP contribution in [0.25, 0.3) is 38.3 Å². The molecule has 3 aromatic carbocycles. The second kappa shape index (κ2) is 9.33. The van der Waals surface area contributed by atoms with E-state index in [0.29, 0.717) is 15.4 Å². The summed E-state index contributed by atoms with van der Waals surface area (Å²) in [4.78, 5) is 19.2. The molecule has 0 aliphatic heterocycles. The van der Waals surface area contributed by atoms with Crippen molar-refractivity contribution in [2.75, 3.05) is 11.1 Å². The maximum absolute atomic E-state index is 13.3. The summed E-state index contributed by atoms with van der Waals surface area (Å²) in [6, 6.07) is 29.7. The predicted molar refractivity (Wildman–Crippen MR) is 146 cm³/mol. The molecule has 3 heterocycles. The molecule has 6 aromatic rings. The van der Waals surface area contributed by atoms with Gasteiger partial charge in [-0.2, -0.15) is 0 Å². The minimum Gasteiger partial charge on any atom is -0.397 e. The van der Waals surface area contributed by atoms with E-state index >= 15 is 0 Å². The average molecular weight is 505 g/mol. The molecule has 1 amide bonds. The van der Waals surface area contributed by atoms with Crippen LogP contribution in [0.5, 0.6) is 0 Å². The van der Waals surface area contributed by atoms with Crippen molar-refractivity contribution >= 4 is 39.0 Å². The molecule has 0 aliphatic carbocycles. The third kappa shape index (κ3) is 4.34. The average Bonchev–Trinajstić information content (AvgIpc) is 3.54. The Balaban J connectivity index is 1.42. The highest BCUT2D eigenvalue weighted by Crippen LogP contribution is 2.41. The van der Waals surface area contributed by atoms with Crippen molar-refractivity contribution < 1.29 is 14.0 Å². The predicted octanol–water partition coefficient (Wildman–Crippen LogP) is 6.04. The van der Waals surface area contributed by atoms with E-state index in [1.807, 2.05) is 73.7 Å². The first-order valence-electron chi connectivity index (χ1n) is 11.7. The molecule has 0 spiro atoms. The molecule has 0 radical (unpaired) electrons. The summed E-state index contributed by atoms with van der Waals surface area (Å²) in [5.41, 5.74) is 12.7. The summed E-state index contributed by atoms with van der Waals surface area (Å²) in [5, 5.41) is 7.53. The third-order valence-corrected chi connectivity index (χ3v) is 7.16. The molecular weight excluding hydrogens is 482 g/mol. The number of pyridine rings is 1. The van der Waals surface area contributed by atoms with Crippen LogP contribution in [0.2, 0.25) is 0 Å². The molecule has 0 saturated carbocycles. The number of carbonyl (C=O) groups is 1. The van der Waals surface area contributed by atoms with Crippen molar-refractivity contribution in [1.82, 2.24) is 10.3 Å². The number of amides is 1. The van der Waals surface area contributed by atoms with Crippen LogP contribution in [0.1, 0.15) is 15.2 Å². The number of benzene rings is 3. The largest absolute Gasteiger partial charge is 0.397 e. The molecule has 0 bridgehead atoms. The summed E-state index contributed by atoms with van der Waals surface area (Å²) in [6.07, 6.45) is 1.61. The fourth-order valence-corrected chi connectivity index (χ4v) is 5.19. The van der Waals surface area contributed by atoms with Gasteiger partial charge in [0.2, 0.25) is 11.0 Å². The zero-order valence-electron chi connectivity index (χ0n) is 19.9. The highest BCUT2D eigenvalue weighted by Gasteiger charge is 2.24. The Hall–Kier alpha value is -4.82. The number of fused-ring (bicyclic) bond motifs is 1. The Bertz CT molecular complexity index is 1730. The fraction of sp³-hybridized carbons (Fsp3) is 0.0345. The monoisotopic (exact) mass is 504 g/mol. The summed E-state index contributed by atoms with van der Waals surface area (Å²) in [6.45, 7) is 2.05. The highest BCUT2D eigenvalue weighted by molar-refractivity contribution is 7.21. The minimum absolute atomic E-state index is 0.211. The number of hydrogen-bond donors (Lipinski definition) is 2. The molecule has 0 saturated heterocycles. The van der Waals surface area contributed by atoms with Crippen molar-refractivity contribution in [1.29, 1.82) is 0 Å². The van der Waals surface area contributed by atoms with Crippen molar-refractivity contribution in [3.05, 3.63) is 108 Å². The van der Waals surface area contributed by atoms with Crippen LogP contribution in [0.3, 0.4) is 0 Å². The van der Waals surface area contributed by atoms with Crippen molar-refractivity contribution in [2.45, 2.75) is 6.92 Å². The van der Waals surface area contributed by atoms with Gasteiger partial charge in [0.15, 0.2) is 0 Å². The number of carbonyl (C=O) groups excluding carboxylic acids is 1. The molecule has 0 fully saturated rings. The Morgan fingerprint density at radius 3 is 2.38 bits per heavy atom. The molecule has 6 rings (SSSR count). The highest BCUT2D eigenvalue weighted by atomic mass is 32.1. The lowest BCUT2D eigenvalue weighted by atomic mass is 9.99. The zero-order valence-corrected chi connectivity index (χ0v) is 20.7. The van der Waals surface area contributed by atoms with Gasteiger partial charge < -0.3 is 5.73 Å². The lowest BCUT2D eigenvalue weighted by Gasteiger charge is -2.09. The topological polar surface area (TPSA) is 97.9 Å². The second-order valence-electron chi connectivity index (χ2n) is 8.61. The summed E-state index contributed by atoms with van der Waals surface area (Å²) >= 11 is 1.26. The molecule has 3 N–H and O–H groups in total. The van der Waals surface area contributed by atoms with Gasteiger partial charge in [-0.05, 0) is 28.8 Å². The number of nitrogens with zero attached hydrogens (tertiary/aromatic N) is 3. The van der Waals surface area contributed by atoms with Gasteiger partial charge in [-0.15, -0.1) is 11.3 Å². The summed E-state index contributed by atoms with van der Waals surface area (Å²) < 4.78 is 6.88. The smallest absolute Gasteiger partial charge is 0.303 e. The van der Waals surface area contributed by atoms with E-state index in [1.54, 1.807) is 10.9 Å². The van der Waals surface area contributed by atoms with Gasteiger partial charge in [-0.3, -0.25) is 14.6 Å². The van der Waals surface area contributed by atoms with Crippen molar-refractivity contribution in [2.24, 2.45) is 0 Å². The first-order chi connectivity index (χ1) is 18.1. The van der Waals surface area contributed by atoms with E-state index in [0.717, 1.165) is 39.0 Å². The second-order valence-corrected chi connectivity index (χ2v) is 9.61. The van der Waals surface area contributed by atoms with Crippen LogP contribution in [-0.2, 0) is 0 Å². The van der Waals surface area contributed by atoms with Crippen LogP contribution < -0.4 is 15.7 Å². The first kappa shape index (κ1) is 22.6. The number of hydrogen-bond acceptors (Lipinski definition) is 6. The standard InChI is InChI=1S/C29H21N5O2S/c1-18-12-14-19(15-13-18)22-16-23(20-8-4-2-5-9-20)31-29-25(22)26(30)27(37-29)28(35)32-24-17-34(33-36-24)21-10-6-3-7-11-21/h2-17H,1H3,(H2-,30,32,33,35)/p+1. The quantitative estimate of drug-likeness (QED) is 0.279. The maximum atomic E-state index is 13.3. The number of aromatic nitrogens is 3. The number of rotatable bonds is 5. The van der Waals surface area contributed by atoms with Crippen molar-refractivity contribution in [3.8, 4) is 28.1 Å². The van der Waals surface area contributed by atoms with E-state index in [2.05, 4.69) is 34.9 Å². The number of nitrogen functional groups attached to an aromatic ring is 1. The maximum Gasteiger partial charge on any atom is 0.303 e. The molecule has 0 unspecified atom stereocenters. The number of anilines is 2. The molecule has 0 aliphatic rings. The van der Waals surface area contributed by atoms with Gasteiger partial charge in [-0.25, -0.2) is 4.98 Å². The zero-order chi connectivity index (χ0) is 25.4. The molecule has 0 atom stereocenters. The van der Waals surface area contributed by atoms with Gasteiger partial charge in [0.05, 0.1) is 11.4 Å². The number of aryl methyl sites for hydroxylation is 1. The van der Waals surface area contributed by atoms with Crippen LogP contribution in [-0.4, -0.2) is 16.2 Å². The Morgan fingerprint density at radius 2 is 1.65 bits per heavy atom. The first-order valence-corrected chi connectivity index (χ1v) is 12.5. The summed E-state index contributed by atoms with van der Waals surface area (Å²) in [5.74, 6) is -0.171. The molecule has 37 heavy (non-hydrogen) atoms. The van der Waals surface area contributed by atoms with Gasteiger partial charge in [0.25, 0.3) is 12.1 Å². The molecule has 3 aromatic heterocycles. The number of para-hydroxylation sites is 1. The van der Waals surface area contributed by atoms with E-state index in [-0.39, 0.29) is 11.8 Å². The van der Waals surface area contributed by atoms with E-state index in [4.69, 9.17) is 15.2 Å². The van der Waals surface area contributed by atoms with E-state index in [1.165, 1.54) is 11.3 Å². The molecule has 7 nitrogen and oxygen atoms in total.